The molecule has 0 aliphatic heterocycles. The summed E-state index contributed by atoms with van der Waals surface area (Å²) in [4.78, 5) is 5.54. The van der Waals surface area contributed by atoms with Gasteiger partial charge < -0.3 is 5.32 Å². The first kappa shape index (κ1) is 15.9. The van der Waals surface area contributed by atoms with Crippen LogP contribution in [0.15, 0.2) is 31.9 Å². The minimum Gasteiger partial charge on any atom is -0.308 e. The number of rotatable bonds is 4. The Labute approximate surface area is 136 Å². The molecule has 0 atom stereocenters. The maximum atomic E-state index is 4.37. The summed E-state index contributed by atoms with van der Waals surface area (Å²) < 4.78 is 6.30. The minimum atomic E-state index is 0.122. The van der Waals surface area contributed by atoms with E-state index in [0.717, 1.165) is 21.2 Å². The lowest BCUT2D eigenvalue weighted by molar-refractivity contribution is 0.424. The third kappa shape index (κ3) is 4.84. The van der Waals surface area contributed by atoms with Crippen LogP contribution in [0.2, 0.25) is 0 Å². The number of benzene rings is 1. The Morgan fingerprint density at radius 2 is 2.10 bits per heavy atom. The summed E-state index contributed by atoms with van der Waals surface area (Å²) in [6, 6.07) is 6.42. The first-order valence-electron chi connectivity index (χ1n) is 6.35. The number of halogens is 1. The fourth-order valence-electron chi connectivity index (χ4n) is 1.52. The van der Waals surface area contributed by atoms with Crippen molar-refractivity contribution in [2.75, 3.05) is 0 Å². The van der Waals surface area contributed by atoms with Gasteiger partial charge in [0, 0.05) is 21.5 Å². The summed E-state index contributed by atoms with van der Waals surface area (Å²) in [6.07, 6.45) is 0. The van der Waals surface area contributed by atoms with Crippen molar-refractivity contribution in [3.63, 3.8) is 0 Å². The van der Waals surface area contributed by atoms with E-state index < -0.39 is 0 Å². The van der Waals surface area contributed by atoms with Crippen LogP contribution in [-0.2, 0) is 6.54 Å². The first-order valence-corrected chi connectivity index (χ1v) is 8.73. The Morgan fingerprint density at radius 3 is 2.65 bits per heavy atom. The molecule has 0 bridgehead atoms. The van der Waals surface area contributed by atoms with Gasteiger partial charge in [-0.1, -0.05) is 33.8 Å². The van der Waals surface area contributed by atoms with Crippen molar-refractivity contribution < 1.29 is 0 Å². The van der Waals surface area contributed by atoms with Gasteiger partial charge in [0.2, 0.25) is 0 Å². The van der Waals surface area contributed by atoms with Crippen molar-refractivity contribution >= 4 is 39.2 Å². The first-order chi connectivity index (χ1) is 9.33. The second-order valence-electron chi connectivity index (χ2n) is 5.57. The summed E-state index contributed by atoms with van der Waals surface area (Å²) in [5.74, 6) is 0.836. The molecular formula is C14H18BrN3S2. The lowest BCUT2D eigenvalue weighted by atomic mass is 10.1. The zero-order valence-electron chi connectivity index (χ0n) is 12.0. The van der Waals surface area contributed by atoms with Gasteiger partial charge in [0.15, 0.2) is 4.34 Å². The predicted octanol–water partition coefficient (Wildman–Crippen LogP) is 4.65. The molecule has 0 aliphatic carbocycles. The number of hydrogen-bond donors (Lipinski definition) is 1. The maximum absolute atomic E-state index is 4.37. The molecule has 1 N–H and O–H groups in total. The molecule has 3 nitrogen and oxygen atoms in total. The molecule has 108 valence electrons. The molecule has 0 fully saturated rings. The molecule has 20 heavy (non-hydrogen) atoms. The van der Waals surface area contributed by atoms with Crippen molar-refractivity contribution in [1.29, 1.82) is 0 Å². The number of nitrogens with one attached hydrogen (secondary N) is 1. The minimum absolute atomic E-state index is 0.122. The van der Waals surface area contributed by atoms with Crippen LogP contribution in [-0.4, -0.2) is 14.9 Å². The van der Waals surface area contributed by atoms with E-state index in [0.29, 0.717) is 0 Å². The molecule has 0 radical (unpaired) electrons. The molecule has 1 aromatic carbocycles. The van der Waals surface area contributed by atoms with Crippen LogP contribution >= 0.6 is 39.2 Å². The van der Waals surface area contributed by atoms with Crippen LogP contribution in [0.5, 0.6) is 0 Å². The molecule has 2 aromatic rings. The second-order valence-corrected chi connectivity index (χ2v) is 8.49. The fraction of sp³-hybridized carbons (Fsp3) is 0.429. The van der Waals surface area contributed by atoms with E-state index in [1.54, 1.807) is 11.8 Å². The third-order valence-corrected chi connectivity index (χ3v) is 5.12. The van der Waals surface area contributed by atoms with E-state index in [1.165, 1.54) is 22.0 Å². The quantitative estimate of drug-likeness (QED) is 0.848. The molecule has 0 saturated heterocycles. The summed E-state index contributed by atoms with van der Waals surface area (Å²) in [5, 5.41) is 3.49. The van der Waals surface area contributed by atoms with Crippen molar-refractivity contribution in [3.05, 3.63) is 34.1 Å². The van der Waals surface area contributed by atoms with Crippen LogP contribution in [0.3, 0.4) is 0 Å². The summed E-state index contributed by atoms with van der Waals surface area (Å²) in [7, 11) is 0. The summed E-state index contributed by atoms with van der Waals surface area (Å²) in [5.41, 5.74) is 1.38. The topological polar surface area (TPSA) is 37.8 Å². The maximum Gasteiger partial charge on any atom is 0.174 e. The SMILES string of the molecule is Cc1nsc(Sc2ccc(CNC(C)(C)C)c(Br)c2)n1. The number of aromatic nitrogens is 2. The Balaban J connectivity index is 2.05. The largest absolute Gasteiger partial charge is 0.308 e. The zero-order chi connectivity index (χ0) is 14.8. The Hall–Kier alpha value is -0.430. The fourth-order valence-corrected chi connectivity index (χ4v) is 3.85. The van der Waals surface area contributed by atoms with Crippen LogP contribution in [0.4, 0.5) is 0 Å². The van der Waals surface area contributed by atoms with Gasteiger partial charge in [-0.05, 0) is 56.9 Å². The monoisotopic (exact) mass is 371 g/mol. The second kappa shape index (κ2) is 6.56. The van der Waals surface area contributed by atoms with E-state index in [4.69, 9.17) is 0 Å². The molecule has 1 heterocycles. The molecule has 6 heteroatoms. The van der Waals surface area contributed by atoms with Gasteiger partial charge in [0.25, 0.3) is 0 Å². The number of nitrogens with zero attached hydrogens (tertiary/aromatic N) is 2. The van der Waals surface area contributed by atoms with E-state index in [2.05, 4.69) is 69.6 Å². The van der Waals surface area contributed by atoms with Crippen LogP contribution in [0.25, 0.3) is 0 Å². The molecule has 0 aliphatic rings. The highest BCUT2D eigenvalue weighted by molar-refractivity contribution is 9.10. The van der Waals surface area contributed by atoms with Gasteiger partial charge in [0.1, 0.15) is 5.82 Å². The van der Waals surface area contributed by atoms with Crippen LogP contribution < -0.4 is 5.32 Å². The van der Waals surface area contributed by atoms with Gasteiger partial charge >= 0.3 is 0 Å². The van der Waals surface area contributed by atoms with E-state index >= 15 is 0 Å². The molecule has 0 spiro atoms. The summed E-state index contributed by atoms with van der Waals surface area (Å²) >= 11 is 6.74. The highest BCUT2D eigenvalue weighted by Gasteiger charge is 2.11. The van der Waals surface area contributed by atoms with Crippen molar-refractivity contribution in [3.8, 4) is 0 Å². The number of hydrogen-bond acceptors (Lipinski definition) is 5. The molecule has 0 unspecified atom stereocenters. The standard InChI is InChI=1S/C14H18BrN3S2/c1-9-17-13(20-18-9)19-11-6-5-10(12(15)7-11)8-16-14(2,3)4/h5-7,16H,8H2,1-4H3. The van der Waals surface area contributed by atoms with Crippen molar-refractivity contribution in [2.24, 2.45) is 0 Å². The Bertz CT molecular complexity index is 590. The van der Waals surface area contributed by atoms with Crippen LogP contribution in [0.1, 0.15) is 32.2 Å². The van der Waals surface area contributed by atoms with Gasteiger partial charge in [-0.25, -0.2) is 4.98 Å². The Morgan fingerprint density at radius 1 is 1.35 bits per heavy atom. The van der Waals surface area contributed by atoms with Gasteiger partial charge in [0.05, 0.1) is 0 Å². The third-order valence-electron chi connectivity index (χ3n) is 2.55. The van der Waals surface area contributed by atoms with Gasteiger partial charge in [-0.15, -0.1) is 0 Å². The van der Waals surface area contributed by atoms with Gasteiger partial charge in [-0.3, -0.25) is 0 Å². The average Bonchev–Trinajstić information content (AvgIpc) is 2.72. The normalized spacial score (nSPS) is 11.8. The van der Waals surface area contributed by atoms with E-state index in [-0.39, 0.29) is 5.54 Å². The van der Waals surface area contributed by atoms with E-state index in [9.17, 15) is 0 Å². The Kier molecular flexibility index (Phi) is 5.23. The molecule has 2 rings (SSSR count). The molecule has 0 saturated carbocycles. The van der Waals surface area contributed by atoms with Crippen LogP contribution in [0, 0.1) is 6.92 Å². The average molecular weight is 372 g/mol. The molecule has 0 amide bonds. The van der Waals surface area contributed by atoms with Gasteiger partial charge in [-0.2, -0.15) is 4.37 Å². The van der Waals surface area contributed by atoms with Crippen molar-refractivity contribution in [2.45, 2.75) is 49.0 Å². The predicted molar refractivity (Wildman–Crippen MR) is 89.5 cm³/mol. The highest BCUT2D eigenvalue weighted by atomic mass is 79.9. The smallest absolute Gasteiger partial charge is 0.174 e. The molecular weight excluding hydrogens is 354 g/mol. The lowest BCUT2D eigenvalue weighted by Gasteiger charge is -2.21. The summed E-state index contributed by atoms with van der Waals surface area (Å²) in [6.45, 7) is 9.28. The van der Waals surface area contributed by atoms with E-state index in [1.807, 2.05) is 6.92 Å². The highest BCUT2D eigenvalue weighted by Crippen LogP contribution is 2.32. The zero-order valence-corrected chi connectivity index (χ0v) is 15.2. The number of aryl methyl sites for hydroxylation is 1. The molecule has 1 aromatic heterocycles. The van der Waals surface area contributed by atoms with Crippen molar-refractivity contribution in [1.82, 2.24) is 14.7 Å². The lowest BCUT2D eigenvalue weighted by Crippen LogP contribution is -2.35.